The molecule has 2 heterocycles. The summed E-state index contributed by atoms with van der Waals surface area (Å²) in [6.07, 6.45) is 2.04. The standard InChI is InChI=1S/C36H35BrClFN4O6/c1-20(26-12-11-25(18-29(26)39)49-36(2,3)34(40)46)16-31(44)32-30-19-41(33(45)21-4-13-27(37)28(38)17-21)14-15-42(30)35(47)43(32)22-5-7-23(8-6-22)48-24-9-10-24/h4-8,11-13,17-18,20,24H,9-10,14-16,19H2,1-3H3,(H2,40,46)/t20-/m0/s1. The number of fused-ring (bicyclic) bond motifs is 1. The number of halogens is 3. The lowest BCUT2D eigenvalue weighted by Gasteiger charge is -2.28. The Bertz CT molecular complexity index is 2020. The number of imidazole rings is 1. The Kier molecular flexibility index (Phi) is 9.47. The maximum atomic E-state index is 15.4. The number of benzene rings is 3. The van der Waals surface area contributed by atoms with E-state index in [0.29, 0.717) is 32.2 Å². The van der Waals surface area contributed by atoms with Crippen molar-refractivity contribution in [2.45, 2.75) is 70.7 Å². The lowest BCUT2D eigenvalue weighted by atomic mass is 9.93. The summed E-state index contributed by atoms with van der Waals surface area (Å²) in [5.41, 5.74) is 5.24. The molecule has 3 aromatic carbocycles. The highest BCUT2D eigenvalue weighted by atomic mass is 79.9. The average Bonchev–Trinajstić information content (AvgIpc) is 3.83. The van der Waals surface area contributed by atoms with Crippen LogP contribution in [0.1, 0.15) is 78.1 Å². The van der Waals surface area contributed by atoms with Gasteiger partial charge in [-0.05, 0) is 103 Å². The average molecular weight is 754 g/mol. The van der Waals surface area contributed by atoms with E-state index in [2.05, 4.69) is 15.9 Å². The second-order valence-corrected chi connectivity index (χ2v) is 14.2. The molecule has 2 aliphatic rings. The number of aromatic nitrogens is 2. The van der Waals surface area contributed by atoms with Crippen molar-refractivity contribution in [3.05, 3.63) is 109 Å². The lowest BCUT2D eigenvalue weighted by molar-refractivity contribution is -0.130. The van der Waals surface area contributed by atoms with Crippen LogP contribution in [0.2, 0.25) is 5.02 Å². The molecule has 256 valence electrons. The molecule has 1 aliphatic heterocycles. The summed E-state index contributed by atoms with van der Waals surface area (Å²) >= 11 is 9.61. The molecule has 10 nitrogen and oxygen atoms in total. The first kappa shape index (κ1) is 34.4. The Morgan fingerprint density at radius 3 is 2.37 bits per heavy atom. The zero-order valence-corrected chi connectivity index (χ0v) is 29.5. The van der Waals surface area contributed by atoms with Crippen molar-refractivity contribution in [3.63, 3.8) is 0 Å². The number of hydrogen-bond donors (Lipinski definition) is 1. The number of hydrogen-bond acceptors (Lipinski definition) is 6. The van der Waals surface area contributed by atoms with E-state index >= 15 is 4.39 Å². The predicted molar refractivity (Wildman–Crippen MR) is 185 cm³/mol. The number of carbonyl (C=O) groups is 3. The Morgan fingerprint density at radius 2 is 1.73 bits per heavy atom. The SMILES string of the molecule is C[C@@H](CC(=O)c1c2n(c(=O)n1-c1ccc(OC3CC3)cc1)CCN(C(=O)c1ccc(Br)c(Cl)c1)C2)c1ccc(OC(C)(C)C(N)=O)cc1F. The number of ether oxygens (including phenoxy) is 2. The molecule has 1 saturated carbocycles. The second-order valence-electron chi connectivity index (χ2n) is 12.9. The molecule has 13 heteroatoms. The first-order valence-corrected chi connectivity index (χ1v) is 17.1. The van der Waals surface area contributed by atoms with Crippen molar-refractivity contribution in [2.75, 3.05) is 6.54 Å². The van der Waals surface area contributed by atoms with Crippen LogP contribution in [0.4, 0.5) is 4.39 Å². The quantitative estimate of drug-likeness (QED) is 0.177. The molecular weight excluding hydrogens is 719 g/mol. The highest BCUT2D eigenvalue weighted by molar-refractivity contribution is 9.10. The smallest absolute Gasteiger partial charge is 0.333 e. The number of nitrogens with zero attached hydrogens (tertiary/aromatic N) is 3. The molecule has 1 aliphatic carbocycles. The number of ketones is 1. The van der Waals surface area contributed by atoms with E-state index in [1.54, 1.807) is 54.3 Å². The minimum atomic E-state index is -1.35. The lowest BCUT2D eigenvalue weighted by Crippen LogP contribution is -2.43. The van der Waals surface area contributed by atoms with Crippen molar-refractivity contribution < 1.29 is 28.2 Å². The summed E-state index contributed by atoms with van der Waals surface area (Å²) in [6, 6.07) is 16.1. The third-order valence-corrected chi connectivity index (χ3v) is 10.0. The fourth-order valence-corrected chi connectivity index (χ4v) is 6.25. The maximum Gasteiger partial charge on any atom is 0.333 e. The minimum Gasteiger partial charge on any atom is -0.490 e. The number of Topliss-reactive ketones (excluding diaryl/α,β-unsaturated/α-hetero) is 1. The predicted octanol–water partition coefficient (Wildman–Crippen LogP) is 6.41. The molecule has 1 fully saturated rings. The summed E-state index contributed by atoms with van der Waals surface area (Å²) < 4.78 is 30.4. The van der Waals surface area contributed by atoms with Gasteiger partial charge < -0.3 is 20.1 Å². The number of amides is 2. The number of primary amides is 1. The van der Waals surface area contributed by atoms with E-state index in [-0.39, 0.29) is 55.1 Å². The molecule has 0 bridgehead atoms. The third kappa shape index (κ3) is 7.16. The van der Waals surface area contributed by atoms with Gasteiger partial charge in [0.15, 0.2) is 11.4 Å². The zero-order valence-electron chi connectivity index (χ0n) is 27.2. The van der Waals surface area contributed by atoms with Crippen molar-refractivity contribution in [3.8, 4) is 17.2 Å². The van der Waals surface area contributed by atoms with E-state index in [1.807, 2.05) is 0 Å². The van der Waals surface area contributed by atoms with Crippen molar-refractivity contribution in [2.24, 2.45) is 5.73 Å². The summed E-state index contributed by atoms with van der Waals surface area (Å²) in [7, 11) is 0. The molecular formula is C36H35BrClFN4O6. The largest absolute Gasteiger partial charge is 0.490 e. The molecule has 1 aromatic heterocycles. The van der Waals surface area contributed by atoms with Gasteiger partial charge in [-0.25, -0.2) is 9.18 Å². The molecule has 0 radical (unpaired) electrons. The Hall–Kier alpha value is -4.42. The van der Waals surface area contributed by atoms with Gasteiger partial charge in [-0.15, -0.1) is 0 Å². The topological polar surface area (TPSA) is 126 Å². The van der Waals surface area contributed by atoms with Crippen LogP contribution in [0, 0.1) is 5.82 Å². The monoisotopic (exact) mass is 752 g/mol. The highest BCUT2D eigenvalue weighted by Crippen LogP contribution is 2.32. The van der Waals surface area contributed by atoms with Crippen LogP contribution in [-0.4, -0.2) is 49.9 Å². The van der Waals surface area contributed by atoms with Gasteiger partial charge in [0, 0.05) is 35.6 Å². The molecule has 0 unspecified atom stereocenters. The van der Waals surface area contributed by atoms with Crippen LogP contribution in [-0.2, 0) is 17.9 Å². The van der Waals surface area contributed by atoms with Crippen LogP contribution < -0.4 is 20.9 Å². The fourth-order valence-electron chi connectivity index (χ4n) is 5.82. The Morgan fingerprint density at radius 1 is 1.04 bits per heavy atom. The van der Waals surface area contributed by atoms with Crippen LogP contribution in [0.3, 0.4) is 0 Å². The molecule has 49 heavy (non-hydrogen) atoms. The summed E-state index contributed by atoms with van der Waals surface area (Å²) in [6.45, 7) is 5.10. The number of carbonyl (C=O) groups excluding carboxylic acids is 3. The van der Waals surface area contributed by atoms with Gasteiger partial charge in [0.1, 0.15) is 23.0 Å². The van der Waals surface area contributed by atoms with E-state index in [4.69, 9.17) is 26.8 Å². The molecule has 4 aromatic rings. The van der Waals surface area contributed by atoms with Gasteiger partial charge >= 0.3 is 5.69 Å². The van der Waals surface area contributed by atoms with Gasteiger partial charge in [0.25, 0.3) is 11.8 Å². The van der Waals surface area contributed by atoms with Gasteiger partial charge in [0.05, 0.1) is 29.1 Å². The first-order valence-electron chi connectivity index (χ1n) is 15.9. The summed E-state index contributed by atoms with van der Waals surface area (Å²) in [5.74, 6) is -1.84. The second kappa shape index (κ2) is 13.5. The van der Waals surface area contributed by atoms with E-state index in [9.17, 15) is 19.2 Å². The fraction of sp³-hybridized carbons (Fsp3) is 0.333. The van der Waals surface area contributed by atoms with Crippen LogP contribution in [0.25, 0.3) is 5.69 Å². The van der Waals surface area contributed by atoms with Gasteiger partial charge in [-0.1, -0.05) is 24.6 Å². The van der Waals surface area contributed by atoms with E-state index < -0.39 is 34.7 Å². The summed E-state index contributed by atoms with van der Waals surface area (Å²) in [4.78, 5) is 55.1. The first-order chi connectivity index (χ1) is 23.2. The molecule has 2 amide bonds. The summed E-state index contributed by atoms with van der Waals surface area (Å²) in [5, 5.41) is 0.383. The number of rotatable bonds is 11. The van der Waals surface area contributed by atoms with Crippen molar-refractivity contribution in [1.82, 2.24) is 14.0 Å². The molecule has 1 atom stereocenters. The van der Waals surface area contributed by atoms with Crippen LogP contribution in [0.5, 0.6) is 11.5 Å². The minimum absolute atomic E-state index is 0.00311. The van der Waals surface area contributed by atoms with Gasteiger partial charge in [-0.3, -0.25) is 23.5 Å². The molecule has 0 saturated heterocycles. The number of nitrogens with two attached hydrogens (primary N) is 1. The molecule has 0 spiro atoms. The third-order valence-electron chi connectivity index (χ3n) is 8.78. The van der Waals surface area contributed by atoms with Gasteiger partial charge in [0.2, 0.25) is 0 Å². The molecule has 6 rings (SSSR count). The Labute approximate surface area is 295 Å². The zero-order chi connectivity index (χ0) is 35.2. The van der Waals surface area contributed by atoms with Crippen molar-refractivity contribution >= 4 is 45.1 Å². The van der Waals surface area contributed by atoms with E-state index in [0.717, 1.165) is 18.9 Å². The van der Waals surface area contributed by atoms with Crippen LogP contribution >= 0.6 is 27.5 Å². The molecule has 2 N–H and O–H groups in total. The normalized spacial score (nSPS) is 15.0. The van der Waals surface area contributed by atoms with E-state index in [1.165, 1.54) is 35.1 Å². The maximum absolute atomic E-state index is 15.4. The van der Waals surface area contributed by atoms with Gasteiger partial charge in [-0.2, -0.15) is 0 Å². The Balaban J connectivity index is 1.33. The van der Waals surface area contributed by atoms with Crippen molar-refractivity contribution in [1.29, 1.82) is 0 Å². The highest BCUT2D eigenvalue weighted by Gasteiger charge is 2.33. The van der Waals surface area contributed by atoms with Crippen LogP contribution in [0.15, 0.2) is 69.9 Å².